The molecule has 0 nitrogen and oxygen atoms in total. The van der Waals surface area contributed by atoms with Crippen molar-refractivity contribution in [3.05, 3.63) is 35.4 Å². The monoisotopic (exact) mass is 288 g/mol. The van der Waals surface area contributed by atoms with Crippen molar-refractivity contribution < 1.29 is 0 Å². The Hall–Kier alpha value is -0.0500. The first-order chi connectivity index (χ1) is 5.91. The molecule has 0 aliphatic carbocycles. The standard InChI is InChI=1S/C12H17I/c1-9(13)10-5-7-11(8-6-10)12(2,3)4/h5-9H,1-4H3. The smallest absolute Gasteiger partial charge is 0.0331 e. The first-order valence-electron chi connectivity index (χ1n) is 4.66. The van der Waals surface area contributed by atoms with Gasteiger partial charge in [-0.15, -0.1) is 0 Å². The average Bonchev–Trinajstić information content (AvgIpc) is 2.03. The van der Waals surface area contributed by atoms with Gasteiger partial charge < -0.3 is 0 Å². The zero-order valence-corrected chi connectivity index (χ0v) is 10.9. The van der Waals surface area contributed by atoms with Crippen LogP contribution in [-0.4, -0.2) is 0 Å². The fraction of sp³-hybridized carbons (Fsp3) is 0.500. The van der Waals surface area contributed by atoms with Crippen molar-refractivity contribution in [2.24, 2.45) is 0 Å². The maximum atomic E-state index is 2.44. The Morgan fingerprint density at radius 3 is 1.85 bits per heavy atom. The molecule has 0 radical (unpaired) electrons. The number of hydrogen-bond donors (Lipinski definition) is 0. The second-order valence-corrected chi connectivity index (χ2v) is 6.36. The van der Waals surface area contributed by atoms with E-state index in [0.29, 0.717) is 3.92 Å². The average molecular weight is 288 g/mol. The molecule has 0 saturated carbocycles. The molecule has 13 heavy (non-hydrogen) atoms. The highest BCUT2D eigenvalue weighted by atomic mass is 127. The molecule has 0 fully saturated rings. The Kier molecular flexibility index (Phi) is 3.38. The van der Waals surface area contributed by atoms with Gasteiger partial charge in [-0.2, -0.15) is 0 Å². The summed E-state index contributed by atoms with van der Waals surface area (Å²) in [4.78, 5) is 0. The summed E-state index contributed by atoms with van der Waals surface area (Å²) in [7, 11) is 0. The minimum atomic E-state index is 0.271. The summed E-state index contributed by atoms with van der Waals surface area (Å²) < 4.78 is 0.603. The summed E-state index contributed by atoms with van der Waals surface area (Å²) in [6.07, 6.45) is 0. The largest absolute Gasteiger partial charge is 0.0777 e. The third-order valence-corrected chi connectivity index (χ3v) is 2.96. The van der Waals surface area contributed by atoms with Crippen LogP contribution in [0.2, 0.25) is 0 Å². The van der Waals surface area contributed by atoms with Gasteiger partial charge >= 0.3 is 0 Å². The van der Waals surface area contributed by atoms with E-state index in [0.717, 1.165) is 0 Å². The molecule has 1 unspecified atom stereocenters. The van der Waals surface area contributed by atoms with Crippen LogP contribution in [0.5, 0.6) is 0 Å². The van der Waals surface area contributed by atoms with Gasteiger partial charge in [-0.25, -0.2) is 0 Å². The summed E-state index contributed by atoms with van der Waals surface area (Å²) in [6, 6.07) is 8.95. The Labute approximate surface area is 94.9 Å². The van der Waals surface area contributed by atoms with Gasteiger partial charge in [0, 0.05) is 3.92 Å². The lowest BCUT2D eigenvalue weighted by molar-refractivity contribution is 0.590. The molecule has 0 aliphatic heterocycles. The maximum absolute atomic E-state index is 2.44. The second-order valence-electron chi connectivity index (χ2n) is 4.49. The summed E-state index contributed by atoms with van der Waals surface area (Å²) in [5.41, 5.74) is 3.09. The van der Waals surface area contributed by atoms with Crippen LogP contribution in [0.25, 0.3) is 0 Å². The number of hydrogen-bond acceptors (Lipinski definition) is 0. The highest BCUT2D eigenvalue weighted by molar-refractivity contribution is 14.1. The highest BCUT2D eigenvalue weighted by Crippen LogP contribution is 2.26. The minimum absolute atomic E-state index is 0.271. The molecule has 0 heterocycles. The molecule has 1 aromatic rings. The zero-order valence-electron chi connectivity index (χ0n) is 8.76. The van der Waals surface area contributed by atoms with E-state index in [2.05, 4.69) is 74.6 Å². The number of benzene rings is 1. The highest BCUT2D eigenvalue weighted by Gasteiger charge is 2.13. The summed E-state index contributed by atoms with van der Waals surface area (Å²) in [6.45, 7) is 8.95. The van der Waals surface area contributed by atoms with E-state index in [1.165, 1.54) is 11.1 Å². The Balaban J connectivity index is 2.94. The van der Waals surface area contributed by atoms with E-state index in [9.17, 15) is 0 Å². The molecule has 0 amide bonds. The topological polar surface area (TPSA) is 0 Å². The molecule has 0 bridgehead atoms. The molecule has 0 aromatic heterocycles. The first kappa shape index (κ1) is 11.0. The van der Waals surface area contributed by atoms with E-state index >= 15 is 0 Å². The van der Waals surface area contributed by atoms with Crippen molar-refractivity contribution in [3.63, 3.8) is 0 Å². The van der Waals surface area contributed by atoms with Crippen molar-refractivity contribution in [3.8, 4) is 0 Å². The van der Waals surface area contributed by atoms with Crippen LogP contribution in [0.4, 0.5) is 0 Å². The number of halogens is 1. The van der Waals surface area contributed by atoms with Gasteiger partial charge in [0.25, 0.3) is 0 Å². The van der Waals surface area contributed by atoms with Gasteiger partial charge in [-0.3, -0.25) is 0 Å². The van der Waals surface area contributed by atoms with E-state index in [-0.39, 0.29) is 5.41 Å². The molecule has 72 valence electrons. The second kappa shape index (κ2) is 3.99. The fourth-order valence-electron chi connectivity index (χ4n) is 1.25. The van der Waals surface area contributed by atoms with Gasteiger partial charge in [0.15, 0.2) is 0 Å². The molecule has 0 aliphatic rings. The molecule has 1 rings (SSSR count). The van der Waals surface area contributed by atoms with Crippen molar-refractivity contribution in [1.82, 2.24) is 0 Å². The van der Waals surface area contributed by atoms with E-state index in [1.54, 1.807) is 0 Å². The summed E-state index contributed by atoms with van der Waals surface area (Å²) >= 11 is 2.44. The van der Waals surface area contributed by atoms with Crippen LogP contribution in [-0.2, 0) is 5.41 Å². The van der Waals surface area contributed by atoms with E-state index in [4.69, 9.17) is 0 Å². The Morgan fingerprint density at radius 1 is 1.08 bits per heavy atom. The molecule has 1 aromatic carbocycles. The van der Waals surface area contributed by atoms with Crippen molar-refractivity contribution in [1.29, 1.82) is 0 Å². The van der Waals surface area contributed by atoms with Crippen LogP contribution in [0.3, 0.4) is 0 Å². The number of alkyl halides is 1. The van der Waals surface area contributed by atoms with Gasteiger partial charge in [0.05, 0.1) is 0 Å². The normalized spacial score (nSPS) is 14.2. The third-order valence-electron chi connectivity index (χ3n) is 2.24. The van der Waals surface area contributed by atoms with Crippen molar-refractivity contribution in [2.45, 2.75) is 37.0 Å². The molecular formula is C12H17I. The molecular weight excluding hydrogens is 271 g/mol. The van der Waals surface area contributed by atoms with Crippen LogP contribution in [0.1, 0.15) is 42.7 Å². The Morgan fingerprint density at radius 2 is 1.54 bits per heavy atom. The quantitative estimate of drug-likeness (QED) is 0.528. The molecule has 1 atom stereocenters. The summed E-state index contributed by atoms with van der Waals surface area (Å²) in [5.74, 6) is 0. The predicted molar refractivity (Wildman–Crippen MR) is 67.6 cm³/mol. The molecule has 0 spiro atoms. The molecule has 0 N–H and O–H groups in total. The number of rotatable bonds is 1. The van der Waals surface area contributed by atoms with Crippen LogP contribution in [0, 0.1) is 0 Å². The van der Waals surface area contributed by atoms with Gasteiger partial charge in [-0.1, -0.05) is 67.6 Å². The lowest BCUT2D eigenvalue weighted by atomic mass is 9.86. The zero-order chi connectivity index (χ0) is 10.1. The van der Waals surface area contributed by atoms with Crippen LogP contribution >= 0.6 is 22.6 Å². The Bertz CT molecular complexity index is 264. The van der Waals surface area contributed by atoms with Gasteiger partial charge in [0.2, 0.25) is 0 Å². The predicted octanol–water partition coefficient (Wildman–Crippen LogP) is 4.48. The third kappa shape index (κ3) is 2.97. The van der Waals surface area contributed by atoms with Crippen molar-refractivity contribution in [2.75, 3.05) is 0 Å². The fourth-order valence-corrected chi connectivity index (χ4v) is 1.66. The SMILES string of the molecule is CC(I)c1ccc(C(C)(C)C)cc1. The lowest BCUT2D eigenvalue weighted by Crippen LogP contribution is -2.10. The maximum Gasteiger partial charge on any atom is 0.0331 e. The van der Waals surface area contributed by atoms with E-state index in [1.807, 2.05) is 0 Å². The van der Waals surface area contributed by atoms with E-state index < -0.39 is 0 Å². The summed E-state index contributed by atoms with van der Waals surface area (Å²) in [5, 5.41) is 0. The minimum Gasteiger partial charge on any atom is -0.0777 e. The molecule has 1 heteroatoms. The van der Waals surface area contributed by atoms with Crippen molar-refractivity contribution >= 4 is 22.6 Å². The first-order valence-corrected chi connectivity index (χ1v) is 5.90. The lowest BCUT2D eigenvalue weighted by Gasteiger charge is -2.19. The van der Waals surface area contributed by atoms with Crippen LogP contribution < -0.4 is 0 Å². The van der Waals surface area contributed by atoms with Gasteiger partial charge in [-0.05, 0) is 23.5 Å². The molecule has 0 saturated heterocycles. The van der Waals surface area contributed by atoms with Crippen LogP contribution in [0.15, 0.2) is 24.3 Å². The van der Waals surface area contributed by atoms with Gasteiger partial charge in [0.1, 0.15) is 0 Å².